The molecular weight excluding hydrogens is 1170 g/mol. The Hall–Kier alpha value is -7.15. The van der Waals surface area contributed by atoms with Gasteiger partial charge in [0.05, 0.1) is 79.9 Å². The monoisotopic (exact) mass is 1220 g/mol. The van der Waals surface area contributed by atoms with Crippen LogP contribution in [-0.4, -0.2) is 58.5 Å². The van der Waals surface area contributed by atoms with Gasteiger partial charge in [-0.15, -0.1) is 47.3 Å². The van der Waals surface area contributed by atoms with Gasteiger partial charge < -0.3 is 9.84 Å². The van der Waals surface area contributed by atoms with Gasteiger partial charge in [-0.3, -0.25) is 13.2 Å². The van der Waals surface area contributed by atoms with Crippen molar-refractivity contribution in [3.05, 3.63) is 183 Å². The zero-order chi connectivity index (χ0) is 55.3. The Kier molecular flexibility index (Phi) is 15.7. The molecular formula is C59H52BBr3F3N9O2. The van der Waals surface area contributed by atoms with Crippen molar-refractivity contribution in [2.45, 2.75) is 69.2 Å². The smallest absolute Gasteiger partial charge is 0.369 e. The van der Waals surface area contributed by atoms with Crippen molar-refractivity contribution in [2.24, 2.45) is 0 Å². The fourth-order valence-electron chi connectivity index (χ4n) is 10.1. The summed E-state index contributed by atoms with van der Waals surface area (Å²) < 4.78 is 53.7. The number of fused-ring (bicyclic) bond motifs is 9. The van der Waals surface area contributed by atoms with Crippen molar-refractivity contribution in [1.29, 1.82) is 0 Å². The van der Waals surface area contributed by atoms with Crippen LogP contribution < -0.4 is 4.74 Å². The van der Waals surface area contributed by atoms with Gasteiger partial charge in [0.25, 0.3) is 0 Å². The normalized spacial score (nSPS) is 11.2. The van der Waals surface area contributed by atoms with Crippen molar-refractivity contribution in [1.82, 2.24) is 43.1 Å². The lowest BCUT2D eigenvalue weighted by molar-refractivity contribution is 0.415. The third kappa shape index (κ3) is 10.4. The molecule has 0 bridgehead atoms. The summed E-state index contributed by atoms with van der Waals surface area (Å²) in [6.45, 7) is 19.6. The van der Waals surface area contributed by atoms with Gasteiger partial charge in [-0.2, -0.15) is 0 Å². The number of aromatic nitrogens is 9. The molecule has 0 radical (unpaired) electrons. The summed E-state index contributed by atoms with van der Waals surface area (Å²) in [5.41, 5.74) is 18.7. The highest BCUT2D eigenvalue weighted by Gasteiger charge is 2.23. The number of nitrogens with zero attached hydrogens (tertiary/aromatic N) is 9. The van der Waals surface area contributed by atoms with E-state index in [0.717, 1.165) is 124 Å². The van der Waals surface area contributed by atoms with E-state index in [-0.39, 0.29) is 20.6 Å². The number of halogens is 6. The molecule has 390 valence electrons. The van der Waals surface area contributed by atoms with Crippen LogP contribution in [0.3, 0.4) is 0 Å². The van der Waals surface area contributed by atoms with Crippen molar-refractivity contribution in [2.75, 3.05) is 7.11 Å². The molecule has 11 nitrogen and oxygen atoms in total. The first-order chi connectivity index (χ1) is 36.7. The second-order valence-electron chi connectivity index (χ2n) is 18.8. The molecule has 18 heteroatoms. The Morgan fingerprint density at radius 2 is 0.727 bits per heavy atom. The van der Waals surface area contributed by atoms with E-state index >= 15 is 0 Å². The summed E-state index contributed by atoms with van der Waals surface area (Å²) in [6, 6.07) is 32.5. The first-order valence-corrected chi connectivity index (χ1v) is 27.2. The lowest BCUT2D eigenvalue weighted by Gasteiger charge is -2.12. The van der Waals surface area contributed by atoms with Crippen molar-refractivity contribution >= 4 is 100 Å². The molecule has 12 rings (SSSR count). The molecule has 0 aliphatic carbocycles. The van der Waals surface area contributed by atoms with Crippen molar-refractivity contribution in [3.8, 4) is 45.7 Å². The number of aromatic hydroxyl groups is 1. The predicted octanol–water partition coefficient (Wildman–Crippen LogP) is 16.0. The molecule has 0 saturated carbocycles. The van der Waals surface area contributed by atoms with Crippen LogP contribution in [0.5, 0.6) is 11.5 Å². The third-order valence-electron chi connectivity index (χ3n) is 13.4. The standard InChI is InChI=1S/C20H18FN3O.C20H18FN3.C19H16FN3O.BBr3/c1-11-7-5-6-8-15(11)20-23-13(3)19-12(2)22-18-16(24(19)20)9-14(21)10-17(18)25-4;1-11-7-5-6-8-16(11)20-23-14(4)19-13(3)22-18-12(2)9-15(21)10-17(18)24(19)20;1-10-6-4-5-7-14(10)19-22-12(3)18-11(2)21-17-15(23(18)19)8-13(20)9-16(17)24;2-1(3)4/h5-10H,1-4H3;5-10H,1-4H3;4-9,24H,1-3H3;. The summed E-state index contributed by atoms with van der Waals surface area (Å²) in [5, 5.41) is 10.1. The Balaban J connectivity index is 0.000000136. The van der Waals surface area contributed by atoms with Crippen LogP contribution in [0, 0.1) is 86.7 Å². The number of hydrogen-bond acceptors (Lipinski definition) is 8. The molecule has 6 heterocycles. The van der Waals surface area contributed by atoms with Crippen LogP contribution in [0.15, 0.2) is 109 Å². The molecule has 0 saturated heterocycles. The fraction of sp³-hybridized carbons (Fsp3) is 0.186. The maximum absolute atomic E-state index is 14.2. The summed E-state index contributed by atoms with van der Waals surface area (Å²) in [5.74, 6) is 1.47. The zero-order valence-corrected chi connectivity index (χ0v) is 48.9. The number of hydrogen-bond donors (Lipinski definition) is 1. The van der Waals surface area contributed by atoms with E-state index in [2.05, 4.69) is 76.3 Å². The number of phenolic OH excluding ortho intramolecular Hbond substituents is 1. The van der Waals surface area contributed by atoms with Gasteiger partial charge in [-0.25, -0.2) is 43.1 Å². The van der Waals surface area contributed by atoms with Crippen LogP contribution in [-0.2, 0) is 0 Å². The fourth-order valence-corrected chi connectivity index (χ4v) is 10.1. The minimum atomic E-state index is -0.506. The summed E-state index contributed by atoms with van der Waals surface area (Å²) in [4.78, 5) is 28.1. The number of aryl methyl sites for hydroxylation is 10. The van der Waals surface area contributed by atoms with Gasteiger partial charge in [0, 0.05) is 47.0 Å². The SMILES string of the molecule is BrB(Br)Br.COc1cc(F)cc2c1nc(C)c1c(C)nc(-c3ccccc3C)n12.Cc1ccccc1-c1nc(C)c2c(C)nc3c(C)cc(F)cc3n12.Cc1ccccc1-c1nc(C)c2c(C)nc3c(O)cc(F)cc3n12. The minimum Gasteiger partial charge on any atom is -0.505 e. The Morgan fingerprint density at radius 3 is 1.12 bits per heavy atom. The summed E-state index contributed by atoms with van der Waals surface area (Å²) in [7, 11) is 1.52. The molecule has 0 aliphatic rings. The number of rotatable bonds is 4. The van der Waals surface area contributed by atoms with Crippen molar-refractivity contribution in [3.63, 3.8) is 0 Å². The molecule has 0 spiro atoms. The van der Waals surface area contributed by atoms with Gasteiger partial charge >= 0.3 is 3.18 Å². The highest BCUT2D eigenvalue weighted by atomic mass is 79.9. The van der Waals surface area contributed by atoms with E-state index in [0.29, 0.717) is 27.8 Å². The van der Waals surface area contributed by atoms with Crippen LogP contribution in [0.25, 0.3) is 83.8 Å². The van der Waals surface area contributed by atoms with Gasteiger partial charge in [0.15, 0.2) is 0 Å². The van der Waals surface area contributed by atoms with Crippen LogP contribution in [0.1, 0.15) is 56.4 Å². The molecule has 6 aromatic heterocycles. The second-order valence-corrected chi connectivity index (χ2v) is 25.2. The topological polar surface area (TPSA) is 120 Å². The number of phenols is 1. The first-order valence-electron chi connectivity index (χ1n) is 24.4. The highest BCUT2D eigenvalue weighted by molar-refractivity contribution is 9.69. The largest absolute Gasteiger partial charge is 0.505 e. The van der Waals surface area contributed by atoms with Gasteiger partial charge in [-0.05, 0) is 97.6 Å². The van der Waals surface area contributed by atoms with Crippen molar-refractivity contribution < 1.29 is 23.0 Å². The van der Waals surface area contributed by atoms with E-state index in [1.165, 1.54) is 31.4 Å². The molecule has 6 aromatic carbocycles. The maximum Gasteiger partial charge on any atom is 0.369 e. The maximum atomic E-state index is 14.2. The van der Waals surface area contributed by atoms with Gasteiger partial charge in [0.1, 0.15) is 57.5 Å². The quantitative estimate of drug-likeness (QED) is 0.173. The van der Waals surface area contributed by atoms with Gasteiger partial charge in [0.2, 0.25) is 0 Å². The van der Waals surface area contributed by atoms with E-state index in [1.807, 2.05) is 136 Å². The highest BCUT2D eigenvalue weighted by Crippen LogP contribution is 2.36. The molecule has 0 atom stereocenters. The molecule has 0 amide bonds. The Bertz CT molecular complexity index is 4110. The minimum absolute atomic E-state index is 0.169. The zero-order valence-electron chi connectivity index (χ0n) is 44.1. The Labute approximate surface area is 468 Å². The van der Waals surface area contributed by atoms with Crippen LogP contribution >= 0.6 is 47.3 Å². The van der Waals surface area contributed by atoms with Crippen LogP contribution in [0.2, 0.25) is 0 Å². The lowest BCUT2D eigenvalue weighted by atomic mass is 10.1. The summed E-state index contributed by atoms with van der Waals surface area (Å²) >= 11 is 9.31. The second kappa shape index (κ2) is 22.1. The van der Waals surface area contributed by atoms with E-state index < -0.39 is 5.82 Å². The molecule has 12 aromatic rings. The molecule has 0 aliphatic heterocycles. The molecule has 1 N–H and O–H groups in total. The van der Waals surface area contributed by atoms with E-state index in [1.54, 1.807) is 6.07 Å². The molecule has 0 unspecified atom stereocenters. The average Bonchev–Trinajstić information content (AvgIpc) is 4.12. The lowest BCUT2D eigenvalue weighted by Crippen LogP contribution is -2.00. The van der Waals surface area contributed by atoms with Crippen LogP contribution in [0.4, 0.5) is 13.2 Å². The van der Waals surface area contributed by atoms with Gasteiger partial charge in [-0.1, -0.05) is 72.8 Å². The molecule has 77 heavy (non-hydrogen) atoms. The van der Waals surface area contributed by atoms with E-state index in [4.69, 9.17) is 24.7 Å². The average molecular weight is 1230 g/mol. The third-order valence-corrected chi connectivity index (χ3v) is 13.4. The first kappa shape index (κ1) is 54.6. The number of ether oxygens (including phenoxy) is 1. The predicted molar refractivity (Wildman–Crippen MR) is 316 cm³/mol. The number of imidazole rings is 3. The summed E-state index contributed by atoms with van der Waals surface area (Å²) in [6.07, 6.45) is 0. The van der Waals surface area contributed by atoms with E-state index in [9.17, 15) is 18.3 Å². The Morgan fingerprint density at radius 1 is 0.416 bits per heavy atom. The number of methoxy groups -OCH3 is 1. The number of benzene rings is 6. The molecule has 0 fully saturated rings.